The number of hydrogen-bond acceptors (Lipinski definition) is 7. The molecule has 0 bridgehead atoms. The quantitative estimate of drug-likeness (QED) is 0.475. The molecule has 0 spiro atoms. The lowest BCUT2D eigenvalue weighted by atomic mass is 9.64. The summed E-state index contributed by atoms with van der Waals surface area (Å²) < 4.78 is 5.28. The molecule has 5 atom stereocenters. The van der Waals surface area contributed by atoms with Crippen LogP contribution in [0.3, 0.4) is 0 Å². The number of benzene rings is 2. The first-order valence-electron chi connectivity index (χ1n) is 8.06. The minimum Gasteiger partial charge on any atom is -0.462 e. The van der Waals surface area contributed by atoms with Crippen molar-refractivity contribution in [1.29, 1.82) is 5.26 Å². The van der Waals surface area contributed by atoms with Gasteiger partial charge in [-0.2, -0.15) is 5.26 Å². The zero-order valence-corrected chi connectivity index (χ0v) is 13.7. The van der Waals surface area contributed by atoms with Crippen LogP contribution in [0.1, 0.15) is 5.56 Å². The average Bonchev–Trinajstić information content (AvgIpc) is 2.68. The second kappa shape index (κ2) is 7.03. The molecule has 1 saturated carbocycles. The first kappa shape index (κ1) is 18.3. The summed E-state index contributed by atoms with van der Waals surface area (Å²) >= 11 is 0. The summed E-state index contributed by atoms with van der Waals surface area (Å²) in [4.78, 5) is 0. The number of aliphatic hydroxyl groups excluding tert-OH is 4. The van der Waals surface area contributed by atoms with Gasteiger partial charge >= 0.3 is 0 Å². The van der Waals surface area contributed by atoms with Crippen LogP contribution in [0.15, 0.2) is 48.5 Å². The van der Waals surface area contributed by atoms with Crippen molar-refractivity contribution < 1.29 is 30.3 Å². The molecule has 5 unspecified atom stereocenters. The molecule has 2 aromatic carbocycles. The molecule has 0 aliphatic heterocycles. The van der Waals surface area contributed by atoms with Gasteiger partial charge in [0.25, 0.3) is 0 Å². The van der Waals surface area contributed by atoms with Gasteiger partial charge in [0.05, 0.1) is 24.3 Å². The number of aliphatic hydroxyl groups is 5. The molecule has 1 fully saturated rings. The molecule has 3 rings (SSSR count). The van der Waals surface area contributed by atoms with E-state index in [1.165, 1.54) is 0 Å². The molecule has 5 N–H and O–H groups in total. The minimum absolute atomic E-state index is 0.233. The summed E-state index contributed by atoms with van der Waals surface area (Å²) in [5.74, 6) is -0.878. The summed E-state index contributed by atoms with van der Waals surface area (Å²) in [5.41, 5.74) is 0.0456. The maximum absolute atomic E-state index is 10.4. The Morgan fingerprint density at radius 3 is 2.42 bits per heavy atom. The number of rotatable bonds is 5. The smallest absolute Gasteiger partial charge is 0.229 e. The van der Waals surface area contributed by atoms with Crippen molar-refractivity contribution in [1.82, 2.24) is 0 Å². The third kappa shape index (κ3) is 2.94. The number of nitriles is 1. The van der Waals surface area contributed by atoms with Gasteiger partial charge in [-0.3, -0.25) is 0 Å². The number of nitrogens with zero attached hydrogens (tertiary/aromatic N) is 1. The van der Waals surface area contributed by atoms with Gasteiger partial charge in [-0.05, 0) is 35.4 Å². The van der Waals surface area contributed by atoms with E-state index in [-0.39, 0.29) is 5.75 Å². The van der Waals surface area contributed by atoms with E-state index < -0.39 is 36.6 Å². The third-order valence-corrected chi connectivity index (χ3v) is 4.82. The van der Waals surface area contributed by atoms with Crippen molar-refractivity contribution in [3.8, 4) is 22.9 Å². The van der Waals surface area contributed by atoms with Crippen LogP contribution in [0, 0.1) is 17.2 Å². The SMILES string of the molecule is N#Cc1cccc(-c2ccc(OC(O)C3(O)C(O)C(O)C3CO)cc2)c1. The lowest BCUT2D eigenvalue weighted by Gasteiger charge is -2.53. The fourth-order valence-electron chi connectivity index (χ4n) is 3.17. The summed E-state index contributed by atoms with van der Waals surface area (Å²) in [7, 11) is 0. The molecular formula is C19H19NO6. The Morgan fingerprint density at radius 2 is 1.81 bits per heavy atom. The Labute approximate surface area is 150 Å². The molecule has 0 radical (unpaired) electrons. The second-order valence-corrected chi connectivity index (χ2v) is 6.30. The van der Waals surface area contributed by atoms with Crippen LogP contribution in [-0.4, -0.2) is 56.2 Å². The molecule has 7 nitrogen and oxygen atoms in total. The predicted octanol–water partition coefficient (Wildman–Crippen LogP) is -0.00252. The normalized spacial score (nSPS) is 28.7. The van der Waals surface area contributed by atoms with Gasteiger partial charge in [0, 0.05) is 5.92 Å². The molecule has 0 heterocycles. The van der Waals surface area contributed by atoms with Gasteiger partial charge in [-0.15, -0.1) is 0 Å². The van der Waals surface area contributed by atoms with E-state index in [4.69, 9.17) is 10.00 Å². The van der Waals surface area contributed by atoms with E-state index >= 15 is 0 Å². The topological polar surface area (TPSA) is 134 Å². The standard InChI is InChI=1S/C19H19NO6/c20-9-11-2-1-3-13(8-11)12-4-6-14(7-5-12)26-18(24)19(25)15(10-21)16(22)17(19)23/h1-8,15-18,21-25H,10H2. The molecule has 2 aromatic rings. The molecule has 0 aromatic heterocycles. The highest BCUT2D eigenvalue weighted by Gasteiger charge is 2.65. The Hall–Kier alpha value is -2.47. The maximum Gasteiger partial charge on any atom is 0.229 e. The summed E-state index contributed by atoms with van der Waals surface area (Å²) in [6.45, 7) is -0.608. The Balaban J connectivity index is 1.74. The molecule has 1 aliphatic rings. The predicted molar refractivity (Wildman–Crippen MR) is 90.8 cm³/mol. The van der Waals surface area contributed by atoms with E-state index in [1.807, 2.05) is 6.07 Å². The molecule has 7 heteroatoms. The van der Waals surface area contributed by atoms with Crippen molar-refractivity contribution >= 4 is 0 Å². The van der Waals surface area contributed by atoms with Crippen LogP contribution in [-0.2, 0) is 0 Å². The maximum atomic E-state index is 10.4. The Bertz CT molecular complexity index is 818. The van der Waals surface area contributed by atoms with Crippen molar-refractivity contribution in [3.63, 3.8) is 0 Å². The molecular weight excluding hydrogens is 338 g/mol. The van der Waals surface area contributed by atoms with E-state index in [0.29, 0.717) is 5.56 Å². The highest BCUT2D eigenvalue weighted by Crippen LogP contribution is 2.42. The van der Waals surface area contributed by atoms with Gasteiger partial charge in [-0.1, -0.05) is 24.3 Å². The van der Waals surface area contributed by atoms with Crippen LogP contribution in [0.5, 0.6) is 5.75 Å². The highest BCUT2D eigenvalue weighted by atomic mass is 16.6. The van der Waals surface area contributed by atoms with E-state index in [2.05, 4.69) is 6.07 Å². The van der Waals surface area contributed by atoms with E-state index in [0.717, 1.165) is 11.1 Å². The summed E-state index contributed by atoms with van der Waals surface area (Å²) in [6.07, 6.45) is -4.79. The van der Waals surface area contributed by atoms with E-state index in [9.17, 15) is 25.5 Å². The molecule has 0 saturated heterocycles. The highest BCUT2D eigenvalue weighted by molar-refractivity contribution is 5.65. The minimum atomic E-state index is -2.16. The van der Waals surface area contributed by atoms with Crippen LogP contribution in [0.2, 0.25) is 0 Å². The van der Waals surface area contributed by atoms with Crippen LogP contribution in [0.25, 0.3) is 11.1 Å². The fraction of sp³-hybridized carbons (Fsp3) is 0.316. The zero-order valence-electron chi connectivity index (χ0n) is 13.7. The van der Waals surface area contributed by atoms with Crippen molar-refractivity contribution in [2.75, 3.05) is 6.61 Å². The molecule has 1 aliphatic carbocycles. The van der Waals surface area contributed by atoms with E-state index in [1.54, 1.807) is 42.5 Å². The lowest BCUT2D eigenvalue weighted by molar-refractivity contribution is -0.332. The van der Waals surface area contributed by atoms with Crippen LogP contribution in [0.4, 0.5) is 0 Å². The van der Waals surface area contributed by atoms with Crippen molar-refractivity contribution in [2.45, 2.75) is 24.1 Å². The van der Waals surface area contributed by atoms with Crippen LogP contribution >= 0.6 is 0 Å². The first-order valence-corrected chi connectivity index (χ1v) is 8.06. The Kier molecular flexibility index (Phi) is 4.96. The van der Waals surface area contributed by atoms with Gasteiger partial charge in [0.15, 0.2) is 5.60 Å². The zero-order chi connectivity index (χ0) is 18.9. The largest absolute Gasteiger partial charge is 0.462 e. The Morgan fingerprint density at radius 1 is 1.12 bits per heavy atom. The molecule has 0 amide bonds. The summed E-state index contributed by atoms with van der Waals surface area (Å²) in [5, 5.41) is 58.0. The average molecular weight is 357 g/mol. The lowest BCUT2D eigenvalue weighted by Crippen LogP contribution is -2.76. The van der Waals surface area contributed by atoms with Crippen molar-refractivity contribution in [2.24, 2.45) is 5.92 Å². The number of ether oxygens (including phenoxy) is 1. The summed E-state index contributed by atoms with van der Waals surface area (Å²) in [6, 6.07) is 15.7. The third-order valence-electron chi connectivity index (χ3n) is 4.82. The fourth-order valence-corrected chi connectivity index (χ4v) is 3.17. The number of hydrogen-bond donors (Lipinski definition) is 5. The van der Waals surface area contributed by atoms with Gasteiger partial charge in [0.1, 0.15) is 11.9 Å². The molecule has 136 valence electrons. The van der Waals surface area contributed by atoms with Crippen molar-refractivity contribution in [3.05, 3.63) is 54.1 Å². The molecule has 26 heavy (non-hydrogen) atoms. The van der Waals surface area contributed by atoms with Gasteiger partial charge in [0.2, 0.25) is 6.29 Å². The first-order chi connectivity index (χ1) is 12.4. The second-order valence-electron chi connectivity index (χ2n) is 6.30. The monoisotopic (exact) mass is 357 g/mol. The van der Waals surface area contributed by atoms with Crippen LogP contribution < -0.4 is 4.74 Å². The van der Waals surface area contributed by atoms with Gasteiger partial charge in [-0.25, -0.2) is 0 Å². The van der Waals surface area contributed by atoms with Gasteiger partial charge < -0.3 is 30.3 Å².